The fourth-order valence-corrected chi connectivity index (χ4v) is 0.486. The lowest BCUT2D eigenvalue weighted by atomic mass is 10.2. The fraction of sp³-hybridized carbons (Fsp3) is 0.429. The second-order valence-electron chi connectivity index (χ2n) is 1.85. The van der Waals surface area contributed by atoms with Gasteiger partial charge in [-0.25, -0.2) is 0 Å². The summed E-state index contributed by atoms with van der Waals surface area (Å²) in [6.45, 7) is 1.83. The SMILES string of the molecule is CC(=CC=O)CCC=O. The van der Waals surface area contributed by atoms with Gasteiger partial charge in [0, 0.05) is 6.42 Å². The monoisotopic (exact) mass is 126 g/mol. The van der Waals surface area contributed by atoms with Gasteiger partial charge in [-0.05, 0) is 19.4 Å². The zero-order chi connectivity index (χ0) is 7.11. The predicted octanol–water partition coefficient (Wildman–Crippen LogP) is 1.11. The van der Waals surface area contributed by atoms with Gasteiger partial charge in [0.05, 0.1) is 0 Å². The topological polar surface area (TPSA) is 34.1 Å². The van der Waals surface area contributed by atoms with Crippen LogP contribution in [-0.2, 0) is 9.59 Å². The number of carbonyl (C=O) groups is 2. The molecule has 0 amide bonds. The van der Waals surface area contributed by atoms with Gasteiger partial charge >= 0.3 is 0 Å². The van der Waals surface area contributed by atoms with Crippen molar-refractivity contribution in [2.75, 3.05) is 0 Å². The third-order valence-corrected chi connectivity index (χ3v) is 1.01. The summed E-state index contributed by atoms with van der Waals surface area (Å²) in [5.41, 5.74) is 0.956. The molecule has 0 radical (unpaired) electrons. The highest BCUT2D eigenvalue weighted by Crippen LogP contribution is 1.99. The number of carbonyl (C=O) groups excluding carboxylic acids is 2. The van der Waals surface area contributed by atoms with Crippen LogP contribution >= 0.6 is 0 Å². The number of rotatable bonds is 4. The van der Waals surface area contributed by atoms with E-state index in [2.05, 4.69) is 0 Å². The molecule has 0 N–H and O–H groups in total. The third-order valence-electron chi connectivity index (χ3n) is 1.01. The molecule has 0 aliphatic rings. The van der Waals surface area contributed by atoms with Crippen molar-refractivity contribution < 1.29 is 9.59 Å². The lowest BCUT2D eigenvalue weighted by molar-refractivity contribution is -0.108. The average molecular weight is 126 g/mol. The van der Waals surface area contributed by atoms with Crippen molar-refractivity contribution in [3.63, 3.8) is 0 Å². The van der Waals surface area contributed by atoms with Crippen LogP contribution in [-0.4, -0.2) is 12.6 Å². The van der Waals surface area contributed by atoms with Crippen LogP contribution in [0.1, 0.15) is 19.8 Å². The molecule has 0 aromatic rings. The maximum absolute atomic E-state index is 9.81. The minimum absolute atomic E-state index is 0.510. The van der Waals surface area contributed by atoms with Crippen molar-refractivity contribution in [3.05, 3.63) is 11.6 Å². The lowest BCUT2D eigenvalue weighted by Gasteiger charge is -1.90. The van der Waals surface area contributed by atoms with Gasteiger partial charge in [0.15, 0.2) is 0 Å². The molecule has 9 heavy (non-hydrogen) atoms. The Labute approximate surface area is 54.6 Å². The van der Waals surface area contributed by atoms with Gasteiger partial charge in [0.1, 0.15) is 12.6 Å². The molecule has 0 aromatic heterocycles. The standard InChI is InChI=1S/C7H10O2/c1-7(4-6-9)3-2-5-8/h4-6H,2-3H2,1H3. The molecule has 50 valence electrons. The predicted molar refractivity (Wildman–Crippen MR) is 35.1 cm³/mol. The highest BCUT2D eigenvalue weighted by atomic mass is 16.1. The van der Waals surface area contributed by atoms with E-state index in [4.69, 9.17) is 0 Å². The molecule has 0 rings (SSSR count). The van der Waals surface area contributed by atoms with E-state index in [-0.39, 0.29) is 0 Å². The van der Waals surface area contributed by atoms with Crippen LogP contribution < -0.4 is 0 Å². The Hall–Kier alpha value is -0.920. The van der Waals surface area contributed by atoms with Gasteiger partial charge in [0.2, 0.25) is 0 Å². The summed E-state index contributed by atoms with van der Waals surface area (Å²) in [6, 6.07) is 0. The average Bonchev–Trinajstić information content (AvgIpc) is 1.85. The van der Waals surface area contributed by atoms with Crippen molar-refractivity contribution in [3.8, 4) is 0 Å². The van der Waals surface area contributed by atoms with E-state index < -0.39 is 0 Å². The van der Waals surface area contributed by atoms with Crippen LogP contribution in [0.2, 0.25) is 0 Å². The molecule has 0 saturated heterocycles. The minimum Gasteiger partial charge on any atom is -0.303 e. The third kappa shape index (κ3) is 4.94. The van der Waals surface area contributed by atoms with Crippen molar-refractivity contribution in [1.29, 1.82) is 0 Å². The molecule has 0 aromatic carbocycles. The zero-order valence-corrected chi connectivity index (χ0v) is 5.46. The van der Waals surface area contributed by atoms with E-state index in [1.165, 1.54) is 6.08 Å². The van der Waals surface area contributed by atoms with Gasteiger partial charge in [-0.3, -0.25) is 4.79 Å². The van der Waals surface area contributed by atoms with Crippen LogP contribution in [0.5, 0.6) is 0 Å². The first-order chi connectivity index (χ1) is 4.31. The van der Waals surface area contributed by atoms with Crippen LogP contribution in [0.3, 0.4) is 0 Å². The quantitative estimate of drug-likeness (QED) is 0.417. The van der Waals surface area contributed by atoms with Gasteiger partial charge in [-0.15, -0.1) is 0 Å². The molecule has 0 saturated carbocycles. The Morgan fingerprint density at radius 2 is 2.11 bits per heavy atom. The molecular weight excluding hydrogens is 116 g/mol. The molecule has 0 bridgehead atoms. The second kappa shape index (κ2) is 5.22. The van der Waals surface area contributed by atoms with E-state index in [0.29, 0.717) is 12.8 Å². The second-order valence-corrected chi connectivity index (χ2v) is 1.85. The summed E-state index contributed by atoms with van der Waals surface area (Å²) in [6.07, 6.45) is 4.27. The summed E-state index contributed by atoms with van der Waals surface area (Å²) in [7, 11) is 0. The molecule has 0 aliphatic heterocycles. The Bertz CT molecular complexity index is 125. The molecule has 0 atom stereocenters. The fourth-order valence-electron chi connectivity index (χ4n) is 0.486. The Balaban J connectivity index is 3.47. The molecule has 0 aliphatic carbocycles. The minimum atomic E-state index is 0.510. The van der Waals surface area contributed by atoms with Crippen LogP contribution in [0.15, 0.2) is 11.6 Å². The summed E-state index contributed by atoms with van der Waals surface area (Å²) >= 11 is 0. The van der Waals surface area contributed by atoms with Crippen molar-refractivity contribution in [2.24, 2.45) is 0 Å². The smallest absolute Gasteiger partial charge is 0.142 e. The first-order valence-corrected chi connectivity index (χ1v) is 2.86. The van der Waals surface area contributed by atoms with E-state index >= 15 is 0 Å². The van der Waals surface area contributed by atoms with Crippen LogP contribution in [0, 0.1) is 0 Å². The normalized spacial score (nSPS) is 11.0. The largest absolute Gasteiger partial charge is 0.303 e. The number of aldehydes is 2. The maximum atomic E-state index is 9.81. The number of hydrogen-bond acceptors (Lipinski definition) is 2. The summed E-state index contributed by atoms with van der Waals surface area (Å²) in [5.74, 6) is 0. The van der Waals surface area contributed by atoms with Gasteiger partial charge in [-0.1, -0.05) is 5.57 Å². The molecule has 0 spiro atoms. The van der Waals surface area contributed by atoms with Crippen LogP contribution in [0.4, 0.5) is 0 Å². The van der Waals surface area contributed by atoms with Crippen molar-refractivity contribution >= 4 is 12.6 Å². The Kier molecular flexibility index (Phi) is 4.69. The first-order valence-electron chi connectivity index (χ1n) is 2.86. The highest BCUT2D eigenvalue weighted by Gasteiger charge is 1.85. The van der Waals surface area contributed by atoms with Crippen molar-refractivity contribution in [2.45, 2.75) is 19.8 Å². The number of allylic oxidation sites excluding steroid dienone is 2. The molecule has 0 unspecified atom stereocenters. The highest BCUT2D eigenvalue weighted by molar-refractivity contribution is 5.66. The van der Waals surface area contributed by atoms with Gasteiger partial charge < -0.3 is 4.79 Å². The van der Waals surface area contributed by atoms with E-state index in [0.717, 1.165) is 18.1 Å². The summed E-state index contributed by atoms with van der Waals surface area (Å²) < 4.78 is 0. The van der Waals surface area contributed by atoms with Crippen molar-refractivity contribution in [1.82, 2.24) is 0 Å². The first kappa shape index (κ1) is 8.08. The summed E-state index contributed by atoms with van der Waals surface area (Å²) in [4.78, 5) is 19.6. The molecular formula is C7H10O2. The maximum Gasteiger partial charge on any atom is 0.142 e. The molecule has 2 heteroatoms. The van der Waals surface area contributed by atoms with E-state index in [9.17, 15) is 9.59 Å². The van der Waals surface area contributed by atoms with Crippen LogP contribution in [0.25, 0.3) is 0 Å². The van der Waals surface area contributed by atoms with Gasteiger partial charge in [-0.2, -0.15) is 0 Å². The lowest BCUT2D eigenvalue weighted by Crippen LogP contribution is -1.79. The molecule has 2 nitrogen and oxygen atoms in total. The zero-order valence-electron chi connectivity index (χ0n) is 5.46. The molecule has 0 fully saturated rings. The van der Waals surface area contributed by atoms with E-state index in [1.807, 2.05) is 6.92 Å². The summed E-state index contributed by atoms with van der Waals surface area (Å²) in [5, 5.41) is 0. The Morgan fingerprint density at radius 3 is 2.56 bits per heavy atom. The number of hydrogen-bond donors (Lipinski definition) is 0. The van der Waals surface area contributed by atoms with Gasteiger partial charge in [0.25, 0.3) is 0 Å². The van der Waals surface area contributed by atoms with E-state index in [1.54, 1.807) is 0 Å². The Morgan fingerprint density at radius 1 is 1.44 bits per heavy atom. The molecule has 0 heterocycles.